The van der Waals surface area contributed by atoms with Crippen LogP contribution >= 0.6 is 0 Å². The first kappa shape index (κ1) is 16.5. The summed E-state index contributed by atoms with van der Waals surface area (Å²) in [5.74, 6) is 0.614. The van der Waals surface area contributed by atoms with E-state index in [2.05, 4.69) is 10.6 Å². The maximum atomic E-state index is 11.9. The van der Waals surface area contributed by atoms with Crippen LogP contribution in [-0.4, -0.2) is 24.8 Å². The molecule has 0 saturated heterocycles. The third-order valence-electron chi connectivity index (χ3n) is 3.56. The molecule has 5 nitrogen and oxygen atoms in total. The van der Waals surface area contributed by atoms with E-state index in [1.165, 1.54) is 25.7 Å². The highest BCUT2D eigenvalue weighted by Gasteiger charge is 2.19. The Morgan fingerprint density at radius 3 is 2.50 bits per heavy atom. The summed E-state index contributed by atoms with van der Waals surface area (Å²) < 4.78 is 10.6. The van der Waals surface area contributed by atoms with Crippen LogP contribution in [0.1, 0.15) is 46.5 Å². The summed E-state index contributed by atoms with van der Waals surface area (Å²) in [7, 11) is 1.58. The fraction of sp³-hybridized carbons (Fsp3) is 0.588. The summed E-state index contributed by atoms with van der Waals surface area (Å²) in [6, 6.07) is 6.23. The Morgan fingerprint density at radius 2 is 1.91 bits per heavy atom. The van der Waals surface area contributed by atoms with Gasteiger partial charge in [0.15, 0.2) is 0 Å². The number of nitrogens with one attached hydrogen (secondary N) is 2. The van der Waals surface area contributed by atoms with Crippen LogP contribution in [0, 0.1) is 0 Å². The molecule has 0 unspecified atom stereocenters. The van der Waals surface area contributed by atoms with Crippen LogP contribution < -0.4 is 15.4 Å². The number of benzene rings is 1. The van der Waals surface area contributed by atoms with E-state index in [4.69, 9.17) is 9.47 Å². The second-order valence-corrected chi connectivity index (χ2v) is 6.67. The fourth-order valence-corrected chi connectivity index (χ4v) is 2.61. The standard InChI is InChI=1S/C17H26N2O3/c1-17(2,3)22-16(20)19-14-11-13(9-10-15(14)21-4)18-12-7-5-6-8-12/h9-12,18H,5-8H2,1-4H3,(H,19,20). The lowest BCUT2D eigenvalue weighted by molar-refractivity contribution is 0.0635. The smallest absolute Gasteiger partial charge is 0.412 e. The van der Waals surface area contributed by atoms with Gasteiger partial charge in [-0.2, -0.15) is 0 Å². The van der Waals surface area contributed by atoms with Gasteiger partial charge < -0.3 is 14.8 Å². The predicted molar refractivity (Wildman–Crippen MR) is 88.7 cm³/mol. The summed E-state index contributed by atoms with van der Waals surface area (Å²) in [5.41, 5.74) is 1.07. The summed E-state index contributed by atoms with van der Waals surface area (Å²) >= 11 is 0. The maximum Gasteiger partial charge on any atom is 0.412 e. The van der Waals surface area contributed by atoms with Crippen molar-refractivity contribution in [2.75, 3.05) is 17.7 Å². The number of carbonyl (C=O) groups is 1. The van der Waals surface area contributed by atoms with Gasteiger partial charge >= 0.3 is 6.09 Å². The van der Waals surface area contributed by atoms with Crippen molar-refractivity contribution in [2.45, 2.75) is 58.1 Å². The molecule has 0 radical (unpaired) electrons. The summed E-state index contributed by atoms with van der Waals surface area (Å²) in [4.78, 5) is 11.9. The number of amides is 1. The molecule has 0 aliphatic heterocycles. The molecule has 2 N–H and O–H groups in total. The van der Waals surface area contributed by atoms with Crippen LogP contribution in [0.15, 0.2) is 18.2 Å². The predicted octanol–water partition coefficient (Wildman–Crippen LogP) is 4.40. The van der Waals surface area contributed by atoms with Gasteiger partial charge in [-0.05, 0) is 51.8 Å². The van der Waals surface area contributed by atoms with Gasteiger partial charge in [0.1, 0.15) is 11.4 Å². The number of carbonyl (C=O) groups excluding carboxylic acids is 1. The molecule has 1 amide bonds. The molecule has 0 bridgehead atoms. The normalized spacial score (nSPS) is 15.5. The zero-order valence-corrected chi connectivity index (χ0v) is 13.9. The molecule has 1 aromatic carbocycles. The van der Waals surface area contributed by atoms with E-state index in [0.29, 0.717) is 17.5 Å². The van der Waals surface area contributed by atoms with Crippen molar-refractivity contribution in [2.24, 2.45) is 0 Å². The molecule has 1 saturated carbocycles. The molecular weight excluding hydrogens is 280 g/mol. The summed E-state index contributed by atoms with van der Waals surface area (Å²) in [6.07, 6.45) is 4.46. The average Bonchev–Trinajstić information content (AvgIpc) is 2.89. The van der Waals surface area contributed by atoms with Gasteiger partial charge in [-0.25, -0.2) is 4.79 Å². The Labute approximate surface area is 132 Å². The summed E-state index contributed by atoms with van der Waals surface area (Å²) in [5, 5.41) is 6.26. The summed E-state index contributed by atoms with van der Waals surface area (Å²) in [6.45, 7) is 5.51. The second-order valence-electron chi connectivity index (χ2n) is 6.67. The number of hydrogen-bond acceptors (Lipinski definition) is 4. The highest BCUT2D eigenvalue weighted by molar-refractivity contribution is 5.88. The van der Waals surface area contributed by atoms with Crippen molar-refractivity contribution in [3.8, 4) is 5.75 Å². The van der Waals surface area contributed by atoms with Crippen LogP contribution in [0.5, 0.6) is 5.75 Å². The number of anilines is 2. The Balaban J connectivity index is 2.08. The van der Waals surface area contributed by atoms with E-state index in [9.17, 15) is 4.79 Å². The van der Waals surface area contributed by atoms with Gasteiger partial charge in [-0.1, -0.05) is 12.8 Å². The van der Waals surface area contributed by atoms with E-state index in [-0.39, 0.29) is 0 Å². The molecule has 22 heavy (non-hydrogen) atoms. The van der Waals surface area contributed by atoms with Gasteiger partial charge in [0.05, 0.1) is 12.8 Å². The van der Waals surface area contributed by atoms with Crippen molar-refractivity contribution < 1.29 is 14.3 Å². The SMILES string of the molecule is COc1ccc(NC2CCCC2)cc1NC(=O)OC(C)(C)C. The molecular formula is C17H26N2O3. The van der Waals surface area contributed by atoms with E-state index in [1.807, 2.05) is 39.0 Å². The minimum Gasteiger partial charge on any atom is -0.495 e. The lowest BCUT2D eigenvalue weighted by Gasteiger charge is -2.21. The highest BCUT2D eigenvalue weighted by Crippen LogP contribution is 2.30. The first-order valence-corrected chi connectivity index (χ1v) is 7.82. The zero-order valence-electron chi connectivity index (χ0n) is 13.9. The van der Waals surface area contributed by atoms with Crippen LogP contribution in [0.25, 0.3) is 0 Å². The Hall–Kier alpha value is -1.91. The van der Waals surface area contributed by atoms with E-state index in [0.717, 1.165) is 5.69 Å². The van der Waals surface area contributed by atoms with E-state index < -0.39 is 11.7 Å². The van der Waals surface area contributed by atoms with Crippen LogP contribution in [0.4, 0.5) is 16.2 Å². The third kappa shape index (κ3) is 4.83. The van der Waals surface area contributed by atoms with E-state index >= 15 is 0 Å². The second kappa shape index (κ2) is 6.90. The van der Waals surface area contributed by atoms with E-state index in [1.54, 1.807) is 7.11 Å². The molecule has 0 atom stereocenters. The van der Waals surface area contributed by atoms with Crippen molar-refractivity contribution in [1.29, 1.82) is 0 Å². The molecule has 1 aliphatic carbocycles. The average molecular weight is 306 g/mol. The van der Waals surface area contributed by atoms with Crippen molar-refractivity contribution in [3.63, 3.8) is 0 Å². The van der Waals surface area contributed by atoms with Crippen molar-refractivity contribution in [3.05, 3.63) is 18.2 Å². The van der Waals surface area contributed by atoms with Gasteiger partial charge in [0.25, 0.3) is 0 Å². The number of ether oxygens (including phenoxy) is 2. The zero-order chi connectivity index (χ0) is 16.2. The van der Waals surface area contributed by atoms with Gasteiger partial charge in [-0.15, -0.1) is 0 Å². The topological polar surface area (TPSA) is 59.6 Å². The largest absolute Gasteiger partial charge is 0.495 e. The van der Waals surface area contributed by atoms with Gasteiger partial charge in [0, 0.05) is 11.7 Å². The highest BCUT2D eigenvalue weighted by atomic mass is 16.6. The number of rotatable bonds is 4. The molecule has 0 spiro atoms. The van der Waals surface area contributed by atoms with Crippen LogP contribution in [0.2, 0.25) is 0 Å². The lowest BCUT2D eigenvalue weighted by Crippen LogP contribution is -2.27. The lowest BCUT2D eigenvalue weighted by atomic mass is 10.2. The molecule has 2 rings (SSSR count). The Morgan fingerprint density at radius 1 is 1.23 bits per heavy atom. The minimum atomic E-state index is -0.531. The molecule has 1 aliphatic rings. The molecule has 1 aromatic rings. The molecule has 122 valence electrons. The third-order valence-corrected chi connectivity index (χ3v) is 3.56. The quantitative estimate of drug-likeness (QED) is 0.865. The monoisotopic (exact) mass is 306 g/mol. The molecule has 0 aromatic heterocycles. The number of hydrogen-bond donors (Lipinski definition) is 2. The fourth-order valence-electron chi connectivity index (χ4n) is 2.61. The molecule has 1 fully saturated rings. The van der Waals surface area contributed by atoms with Crippen molar-refractivity contribution >= 4 is 17.5 Å². The Bertz CT molecular complexity index is 517. The Kier molecular flexibility index (Phi) is 5.16. The van der Waals surface area contributed by atoms with Crippen molar-refractivity contribution in [1.82, 2.24) is 0 Å². The van der Waals surface area contributed by atoms with Crippen LogP contribution in [-0.2, 0) is 4.74 Å². The maximum absolute atomic E-state index is 11.9. The number of methoxy groups -OCH3 is 1. The first-order chi connectivity index (χ1) is 10.4. The molecule has 5 heteroatoms. The van der Waals surface area contributed by atoms with Gasteiger partial charge in [0.2, 0.25) is 0 Å². The van der Waals surface area contributed by atoms with Crippen LogP contribution in [0.3, 0.4) is 0 Å². The molecule has 0 heterocycles. The first-order valence-electron chi connectivity index (χ1n) is 7.82. The minimum absolute atomic E-state index is 0.483. The van der Waals surface area contributed by atoms with Gasteiger partial charge in [-0.3, -0.25) is 5.32 Å².